The van der Waals surface area contributed by atoms with E-state index in [2.05, 4.69) is 99.2 Å². The third-order valence-electron chi connectivity index (χ3n) is 4.58. The monoisotopic (exact) mass is 461 g/mol. The van der Waals surface area contributed by atoms with Crippen molar-refractivity contribution in [3.8, 4) is 11.5 Å². The Bertz CT molecular complexity index is 809. The maximum Gasteiger partial charge on any atom is 0.175 e. The molecule has 0 amide bonds. The van der Waals surface area contributed by atoms with Crippen molar-refractivity contribution in [2.75, 3.05) is 6.61 Å². The number of nitrogens with one attached hydrogen (secondary N) is 1. The highest BCUT2D eigenvalue weighted by Crippen LogP contribution is 2.38. The summed E-state index contributed by atoms with van der Waals surface area (Å²) in [5.74, 6) is 1.53. The Hall–Kier alpha value is -1.52. The molecule has 160 valence electrons. The van der Waals surface area contributed by atoms with Gasteiger partial charge in [0.1, 0.15) is 6.61 Å². The van der Waals surface area contributed by atoms with Crippen LogP contribution in [0.1, 0.15) is 64.7 Å². The average Bonchev–Trinajstić information content (AvgIpc) is 2.58. The van der Waals surface area contributed by atoms with Crippen LogP contribution in [-0.4, -0.2) is 12.1 Å². The molecule has 0 radical (unpaired) electrons. The summed E-state index contributed by atoms with van der Waals surface area (Å²) >= 11 is 3.69. The predicted octanol–water partition coefficient (Wildman–Crippen LogP) is 7.04. The van der Waals surface area contributed by atoms with Gasteiger partial charge in [-0.3, -0.25) is 0 Å². The van der Waals surface area contributed by atoms with Crippen molar-refractivity contribution in [1.29, 1.82) is 0 Å². The lowest BCUT2D eigenvalue weighted by Crippen LogP contribution is -2.41. The van der Waals surface area contributed by atoms with Crippen LogP contribution in [0.5, 0.6) is 11.5 Å². The van der Waals surface area contributed by atoms with Gasteiger partial charge >= 0.3 is 0 Å². The van der Waals surface area contributed by atoms with Crippen LogP contribution in [0.15, 0.2) is 40.9 Å². The quantitative estimate of drug-likeness (QED) is 0.434. The summed E-state index contributed by atoms with van der Waals surface area (Å²) in [6.07, 6.45) is 1.09. The fraction of sp³-hybridized carbons (Fsp3) is 0.520. The first kappa shape index (κ1) is 23.8. The second-order valence-corrected chi connectivity index (χ2v) is 10.4. The molecule has 1 N–H and O–H groups in total. The molecular weight excluding hydrogens is 426 g/mol. The zero-order valence-corrected chi connectivity index (χ0v) is 20.6. The molecule has 2 rings (SSSR count). The van der Waals surface area contributed by atoms with E-state index in [1.165, 1.54) is 11.1 Å². The second-order valence-electron chi connectivity index (χ2n) is 9.59. The zero-order valence-electron chi connectivity index (χ0n) is 19.0. The highest BCUT2D eigenvalue weighted by atomic mass is 79.9. The van der Waals surface area contributed by atoms with Crippen LogP contribution in [-0.2, 0) is 13.2 Å². The number of hydrogen-bond donors (Lipinski definition) is 1. The van der Waals surface area contributed by atoms with E-state index in [-0.39, 0.29) is 11.0 Å². The van der Waals surface area contributed by atoms with E-state index < -0.39 is 0 Å². The molecule has 0 aliphatic carbocycles. The van der Waals surface area contributed by atoms with Crippen molar-refractivity contribution in [1.82, 2.24) is 5.32 Å². The minimum absolute atomic E-state index is 0.0524. The summed E-state index contributed by atoms with van der Waals surface area (Å²) in [5, 5.41) is 3.69. The van der Waals surface area contributed by atoms with E-state index in [4.69, 9.17) is 9.47 Å². The van der Waals surface area contributed by atoms with E-state index in [9.17, 15) is 0 Å². The third kappa shape index (κ3) is 8.02. The highest BCUT2D eigenvalue weighted by Gasteiger charge is 2.25. The molecule has 0 aromatic heterocycles. The van der Waals surface area contributed by atoms with Gasteiger partial charge in [-0.05, 0) is 78.7 Å². The summed E-state index contributed by atoms with van der Waals surface area (Å²) in [4.78, 5) is 0. The molecule has 29 heavy (non-hydrogen) atoms. The van der Waals surface area contributed by atoms with E-state index in [1.54, 1.807) is 0 Å². The van der Waals surface area contributed by atoms with Crippen LogP contribution in [0.3, 0.4) is 0 Å². The van der Waals surface area contributed by atoms with Gasteiger partial charge < -0.3 is 14.8 Å². The average molecular weight is 462 g/mol. The largest absolute Gasteiger partial charge is 0.490 e. The molecule has 2 aromatic carbocycles. The fourth-order valence-corrected chi connectivity index (χ4v) is 4.42. The normalized spacial score (nSPS) is 12.1. The summed E-state index contributed by atoms with van der Waals surface area (Å²) in [5.41, 5.74) is 3.88. The standard InChI is InChI=1S/C25H36BrNO2/c1-8-28-22-14-20(15-27-25(6,7)17-24(3,4)5)13-21(26)23(22)29-16-19-11-9-10-18(2)12-19/h9-14,27H,8,15-17H2,1-7H3. The van der Waals surface area contributed by atoms with Gasteiger partial charge in [0.15, 0.2) is 11.5 Å². The first-order chi connectivity index (χ1) is 13.5. The number of rotatable bonds is 9. The van der Waals surface area contributed by atoms with Crippen LogP contribution in [0.25, 0.3) is 0 Å². The van der Waals surface area contributed by atoms with Crippen molar-refractivity contribution in [2.45, 2.75) is 73.6 Å². The van der Waals surface area contributed by atoms with Gasteiger partial charge in [-0.25, -0.2) is 0 Å². The Balaban J connectivity index is 2.14. The van der Waals surface area contributed by atoms with Gasteiger partial charge in [-0.2, -0.15) is 0 Å². The lowest BCUT2D eigenvalue weighted by atomic mass is 9.82. The first-order valence-corrected chi connectivity index (χ1v) is 11.2. The number of benzene rings is 2. The van der Waals surface area contributed by atoms with E-state index >= 15 is 0 Å². The molecule has 0 aliphatic rings. The lowest BCUT2D eigenvalue weighted by molar-refractivity contribution is 0.240. The van der Waals surface area contributed by atoms with Crippen molar-refractivity contribution >= 4 is 15.9 Å². The molecular formula is C25H36BrNO2. The smallest absolute Gasteiger partial charge is 0.175 e. The van der Waals surface area contributed by atoms with Crippen LogP contribution in [0.2, 0.25) is 0 Å². The molecule has 0 heterocycles. The molecule has 4 heteroatoms. The molecule has 0 unspecified atom stereocenters. The Morgan fingerprint density at radius 3 is 2.31 bits per heavy atom. The van der Waals surface area contributed by atoms with E-state index in [0.717, 1.165) is 34.5 Å². The minimum atomic E-state index is 0.0524. The van der Waals surface area contributed by atoms with Crippen molar-refractivity contribution < 1.29 is 9.47 Å². The summed E-state index contributed by atoms with van der Waals surface area (Å²) in [6.45, 7) is 17.3. The van der Waals surface area contributed by atoms with Gasteiger partial charge in [0.05, 0.1) is 11.1 Å². The Kier molecular flexibility index (Phi) is 8.18. The van der Waals surface area contributed by atoms with Gasteiger partial charge in [-0.1, -0.05) is 50.6 Å². The summed E-state index contributed by atoms with van der Waals surface area (Å²) in [7, 11) is 0. The highest BCUT2D eigenvalue weighted by molar-refractivity contribution is 9.10. The molecule has 0 saturated carbocycles. The zero-order chi connectivity index (χ0) is 21.7. The van der Waals surface area contributed by atoms with Gasteiger partial charge in [0.2, 0.25) is 0 Å². The van der Waals surface area contributed by atoms with Crippen LogP contribution in [0.4, 0.5) is 0 Å². The second kappa shape index (κ2) is 9.99. The van der Waals surface area contributed by atoms with Gasteiger partial charge in [0.25, 0.3) is 0 Å². The Morgan fingerprint density at radius 1 is 0.966 bits per heavy atom. The molecule has 0 atom stereocenters. The molecule has 0 bridgehead atoms. The maximum atomic E-state index is 6.14. The molecule has 2 aromatic rings. The van der Waals surface area contributed by atoms with Gasteiger partial charge in [0, 0.05) is 12.1 Å². The fourth-order valence-electron chi connectivity index (χ4n) is 3.81. The molecule has 0 aliphatic heterocycles. The van der Waals surface area contributed by atoms with E-state index in [0.29, 0.717) is 13.2 Å². The molecule has 3 nitrogen and oxygen atoms in total. The van der Waals surface area contributed by atoms with Crippen molar-refractivity contribution in [3.63, 3.8) is 0 Å². The maximum absolute atomic E-state index is 6.14. The summed E-state index contributed by atoms with van der Waals surface area (Å²) in [6, 6.07) is 12.6. The predicted molar refractivity (Wildman–Crippen MR) is 126 cm³/mol. The Labute approximate surface area is 185 Å². The van der Waals surface area contributed by atoms with E-state index in [1.807, 2.05) is 6.92 Å². The first-order valence-electron chi connectivity index (χ1n) is 10.4. The van der Waals surface area contributed by atoms with Crippen molar-refractivity contribution in [2.24, 2.45) is 5.41 Å². The topological polar surface area (TPSA) is 30.5 Å². The van der Waals surface area contributed by atoms with Crippen LogP contribution in [0, 0.1) is 12.3 Å². The third-order valence-corrected chi connectivity index (χ3v) is 5.17. The minimum Gasteiger partial charge on any atom is -0.490 e. The number of ether oxygens (including phenoxy) is 2. The molecule has 0 spiro atoms. The summed E-state index contributed by atoms with van der Waals surface area (Å²) < 4.78 is 13.0. The van der Waals surface area contributed by atoms with Crippen LogP contribution >= 0.6 is 15.9 Å². The molecule has 0 saturated heterocycles. The van der Waals surface area contributed by atoms with Gasteiger partial charge in [-0.15, -0.1) is 0 Å². The molecule has 0 fully saturated rings. The number of hydrogen-bond acceptors (Lipinski definition) is 3. The lowest BCUT2D eigenvalue weighted by Gasteiger charge is -2.33. The Morgan fingerprint density at radius 2 is 1.69 bits per heavy atom. The number of halogens is 1. The SMILES string of the molecule is CCOc1cc(CNC(C)(C)CC(C)(C)C)cc(Br)c1OCc1cccc(C)c1. The van der Waals surface area contributed by atoms with Crippen LogP contribution < -0.4 is 14.8 Å². The van der Waals surface area contributed by atoms with Crippen molar-refractivity contribution in [3.05, 3.63) is 57.6 Å². The number of aryl methyl sites for hydroxylation is 1.